The number of hydrogen-bond donors (Lipinski definition) is 1. The van der Waals surface area contributed by atoms with Crippen LogP contribution in [0.1, 0.15) is 25.8 Å². The van der Waals surface area contributed by atoms with Crippen molar-refractivity contribution < 1.29 is 4.79 Å². The Labute approximate surface area is 97.9 Å². The van der Waals surface area contributed by atoms with Crippen molar-refractivity contribution in [3.63, 3.8) is 0 Å². The second-order valence-corrected chi connectivity index (χ2v) is 4.77. The molecule has 0 fully saturated rings. The smallest absolute Gasteiger partial charge is 0.203 e. The van der Waals surface area contributed by atoms with Crippen LogP contribution in [0.25, 0.3) is 0 Å². The molecule has 2 N–H and O–H groups in total. The quantitative estimate of drug-likeness (QED) is 0.825. The third-order valence-electron chi connectivity index (χ3n) is 2.25. The third kappa shape index (κ3) is 2.18. The highest BCUT2D eigenvalue weighted by Gasteiger charge is 2.11. The van der Waals surface area contributed by atoms with Crippen LogP contribution in [0, 0.1) is 6.92 Å². The van der Waals surface area contributed by atoms with Crippen molar-refractivity contribution >= 4 is 17.1 Å². The summed E-state index contributed by atoms with van der Waals surface area (Å²) in [6.45, 7) is 2.34. The van der Waals surface area contributed by atoms with E-state index in [4.69, 9.17) is 5.73 Å². The molecule has 16 heavy (non-hydrogen) atoms. The Bertz CT molecular complexity index is 519. The number of ketones is 1. The van der Waals surface area contributed by atoms with Crippen molar-refractivity contribution in [1.29, 1.82) is 0 Å². The molecule has 2 aromatic heterocycles. The predicted octanol–water partition coefficient (Wildman–Crippen LogP) is 2.14. The van der Waals surface area contributed by atoms with Crippen molar-refractivity contribution in [2.45, 2.75) is 13.5 Å². The maximum absolute atomic E-state index is 12.1. The normalized spacial score (nSPS) is 10.4. The minimum Gasteiger partial charge on any atom is -0.325 e. The molecular weight excluding hydrogens is 220 g/mol. The Morgan fingerprint density at radius 2 is 2.25 bits per heavy atom. The molecule has 2 heterocycles. The Morgan fingerprint density at radius 3 is 2.88 bits per heavy atom. The summed E-state index contributed by atoms with van der Waals surface area (Å²) in [5.74, 6) is 0.0372. The minimum atomic E-state index is 0.0372. The van der Waals surface area contributed by atoms with Gasteiger partial charge >= 0.3 is 0 Å². The Morgan fingerprint density at radius 1 is 1.44 bits per heavy atom. The average molecular weight is 232 g/mol. The van der Waals surface area contributed by atoms with Gasteiger partial charge in [0.05, 0.1) is 10.6 Å². The van der Waals surface area contributed by atoms with Crippen LogP contribution in [-0.2, 0) is 6.54 Å². The number of hydrogen-bond acceptors (Lipinski definition) is 4. The molecule has 0 bridgehead atoms. The van der Waals surface area contributed by atoms with Crippen LogP contribution in [0.15, 0.2) is 30.5 Å². The number of aryl methyl sites for hydroxylation is 1. The lowest BCUT2D eigenvalue weighted by atomic mass is 10.1. The van der Waals surface area contributed by atoms with Gasteiger partial charge in [-0.15, -0.1) is 11.3 Å². The molecule has 0 spiro atoms. The predicted molar refractivity (Wildman–Crippen MR) is 64.6 cm³/mol. The van der Waals surface area contributed by atoms with Crippen molar-refractivity contribution in [2.75, 3.05) is 0 Å². The topological polar surface area (TPSA) is 56.0 Å². The molecule has 0 atom stereocenters. The molecular formula is C12H12N2OS. The zero-order chi connectivity index (χ0) is 11.5. The van der Waals surface area contributed by atoms with Crippen LogP contribution >= 0.6 is 11.3 Å². The molecule has 0 aromatic carbocycles. The molecule has 0 unspecified atom stereocenters. The van der Waals surface area contributed by atoms with Gasteiger partial charge < -0.3 is 5.73 Å². The molecule has 0 radical (unpaired) electrons. The van der Waals surface area contributed by atoms with E-state index in [2.05, 4.69) is 4.98 Å². The van der Waals surface area contributed by atoms with E-state index in [1.54, 1.807) is 18.3 Å². The highest BCUT2D eigenvalue weighted by atomic mass is 32.1. The molecule has 0 saturated heterocycles. The van der Waals surface area contributed by atoms with E-state index in [0.29, 0.717) is 12.1 Å². The fraction of sp³-hybridized carbons (Fsp3) is 0.167. The SMILES string of the molecule is Cc1ccc(C(=O)c2ccnc(CN)c2)s1. The number of aromatic nitrogens is 1. The zero-order valence-electron chi connectivity index (χ0n) is 8.93. The molecule has 0 amide bonds. The molecule has 0 aliphatic carbocycles. The summed E-state index contributed by atoms with van der Waals surface area (Å²) in [6, 6.07) is 7.27. The lowest BCUT2D eigenvalue weighted by Crippen LogP contribution is -2.04. The number of nitrogens with zero attached hydrogens (tertiary/aromatic N) is 1. The summed E-state index contributed by atoms with van der Waals surface area (Å²) in [5, 5.41) is 0. The van der Waals surface area contributed by atoms with Crippen LogP contribution in [0.3, 0.4) is 0 Å². The first-order valence-electron chi connectivity index (χ1n) is 4.97. The van der Waals surface area contributed by atoms with Crippen LogP contribution in [0.4, 0.5) is 0 Å². The van der Waals surface area contributed by atoms with E-state index >= 15 is 0 Å². The molecule has 0 saturated carbocycles. The molecule has 0 aliphatic heterocycles. The van der Waals surface area contributed by atoms with Crippen LogP contribution in [0.2, 0.25) is 0 Å². The molecule has 2 aromatic rings. The van der Waals surface area contributed by atoms with Gasteiger partial charge in [0.25, 0.3) is 0 Å². The number of thiophene rings is 1. The van der Waals surface area contributed by atoms with Gasteiger partial charge in [-0.1, -0.05) is 0 Å². The summed E-state index contributed by atoms with van der Waals surface area (Å²) in [5.41, 5.74) is 6.88. The van der Waals surface area contributed by atoms with Crippen molar-refractivity contribution in [3.8, 4) is 0 Å². The van der Waals surface area contributed by atoms with Gasteiger partial charge in [-0.05, 0) is 31.2 Å². The largest absolute Gasteiger partial charge is 0.325 e. The Kier molecular flexibility index (Phi) is 3.12. The van der Waals surface area contributed by atoms with Gasteiger partial charge in [0.1, 0.15) is 0 Å². The maximum Gasteiger partial charge on any atom is 0.203 e. The van der Waals surface area contributed by atoms with E-state index in [9.17, 15) is 4.79 Å². The summed E-state index contributed by atoms with van der Waals surface area (Å²) < 4.78 is 0. The van der Waals surface area contributed by atoms with Gasteiger partial charge in [-0.25, -0.2) is 0 Å². The monoisotopic (exact) mass is 232 g/mol. The number of pyridine rings is 1. The molecule has 4 heteroatoms. The highest BCUT2D eigenvalue weighted by molar-refractivity contribution is 7.14. The van der Waals surface area contributed by atoms with Crippen molar-refractivity contribution in [3.05, 3.63) is 51.5 Å². The van der Waals surface area contributed by atoms with E-state index < -0.39 is 0 Å². The number of rotatable bonds is 3. The van der Waals surface area contributed by atoms with Crippen molar-refractivity contribution in [1.82, 2.24) is 4.98 Å². The van der Waals surface area contributed by atoms with E-state index in [-0.39, 0.29) is 5.78 Å². The first-order chi connectivity index (χ1) is 7.70. The Balaban J connectivity index is 2.33. The standard InChI is InChI=1S/C12H12N2OS/c1-8-2-3-11(16-8)12(15)9-4-5-14-10(6-9)7-13/h2-6H,7,13H2,1H3. The molecule has 3 nitrogen and oxygen atoms in total. The molecule has 0 aliphatic rings. The third-order valence-corrected chi connectivity index (χ3v) is 3.25. The first kappa shape index (κ1) is 11.0. The van der Waals surface area contributed by atoms with Crippen LogP contribution < -0.4 is 5.73 Å². The average Bonchev–Trinajstić information content (AvgIpc) is 2.75. The van der Waals surface area contributed by atoms with Gasteiger partial charge in [0, 0.05) is 23.2 Å². The maximum atomic E-state index is 12.1. The van der Waals surface area contributed by atoms with Crippen LogP contribution in [0.5, 0.6) is 0 Å². The number of carbonyl (C=O) groups is 1. The second kappa shape index (κ2) is 4.55. The summed E-state index contributed by atoms with van der Waals surface area (Å²) in [4.78, 5) is 18.0. The van der Waals surface area contributed by atoms with Crippen LogP contribution in [-0.4, -0.2) is 10.8 Å². The number of carbonyl (C=O) groups excluding carboxylic acids is 1. The lowest BCUT2D eigenvalue weighted by Gasteiger charge is -2.00. The fourth-order valence-corrected chi connectivity index (χ4v) is 2.26. The number of nitrogens with two attached hydrogens (primary N) is 1. The lowest BCUT2D eigenvalue weighted by molar-refractivity contribution is 0.104. The summed E-state index contributed by atoms with van der Waals surface area (Å²) in [6.07, 6.45) is 1.62. The highest BCUT2D eigenvalue weighted by Crippen LogP contribution is 2.19. The van der Waals surface area contributed by atoms with E-state index in [1.807, 2.05) is 19.1 Å². The van der Waals surface area contributed by atoms with Gasteiger partial charge in [0.2, 0.25) is 5.78 Å². The molecule has 82 valence electrons. The van der Waals surface area contributed by atoms with Gasteiger partial charge in [0.15, 0.2) is 0 Å². The zero-order valence-corrected chi connectivity index (χ0v) is 9.75. The first-order valence-corrected chi connectivity index (χ1v) is 5.78. The van der Waals surface area contributed by atoms with Gasteiger partial charge in [-0.3, -0.25) is 9.78 Å². The van der Waals surface area contributed by atoms with Crippen molar-refractivity contribution in [2.24, 2.45) is 5.73 Å². The molecule has 2 rings (SSSR count). The van der Waals surface area contributed by atoms with Gasteiger partial charge in [-0.2, -0.15) is 0 Å². The van der Waals surface area contributed by atoms with E-state index in [1.165, 1.54) is 11.3 Å². The fourth-order valence-electron chi connectivity index (χ4n) is 1.43. The summed E-state index contributed by atoms with van der Waals surface area (Å²) >= 11 is 1.50. The summed E-state index contributed by atoms with van der Waals surface area (Å²) in [7, 11) is 0. The second-order valence-electron chi connectivity index (χ2n) is 3.48. The van der Waals surface area contributed by atoms with E-state index in [0.717, 1.165) is 15.4 Å². The Hall–Kier alpha value is -1.52. The minimum absolute atomic E-state index is 0.0372.